The van der Waals surface area contributed by atoms with Gasteiger partial charge in [-0.1, -0.05) is 0 Å². The molecule has 1 aliphatic rings. The lowest BCUT2D eigenvalue weighted by atomic mass is 10.1. The highest BCUT2D eigenvalue weighted by atomic mass is 16.2. The van der Waals surface area contributed by atoms with Gasteiger partial charge < -0.3 is 10.6 Å². The minimum absolute atomic E-state index is 0.0898. The predicted molar refractivity (Wildman–Crippen MR) is 61.9 cm³/mol. The van der Waals surface area contributed by atoms with E-state index in [2.05, 4.69) is 36.7 Å². The van der Waals surface area contributed by atoms with Crippen molar-refractivity contribution in [3.05, 3.63) is 0 Å². The minimum Gasteiger partial charge on any atom is -0.311 e. The molecular formula is C11H21N3O2. The summed E-state index contributed by atoms with van der Waals surface area (Å²) in [5.41, 5.74) is 0.0898. The van der Waals surface area contributed by atoms with Crippen LogP contribution in [0, 0.1) is 0 Å². The highest BCUT2D eigenvalue weighted by molar-refractivity contribution is 6.00. The number of rotatable bonds is 4. The van der Waals surface area contributed by atoms with Gasteiger partial charge in [0.2, 0.25) is 11.8 Å². The van der Waals surface area contributed by atoms with Crippen LogP contribution in [0.4, 0.5) is 0 Å². The lowest BCUT2D eigenvalue weighted by molar-refractivity contribution is -0.134. The van der Waals surface area contributed by atoms with Crippen LogP contribution >= 0.6 is 0 Å². The predicted octanol–water partition coefficient (Wildman–Crippen LogP) is -0.231. The van der Waals surface area contributed by atoms with Crippen molar-refractivity contribution in [1.29, 1.82) is 0 Å². The van der Waals surface area contributed by atoms with Crippen LogP contribution in [0.3, 0.4) is 0 Å². The molecule has 5 nitrogen and oxygen atoms in total. The Morgan fingerprint density at radius 1 is 1.31 bits per heavy atom. The van der Waals surface area contributed by atoms with E-state index in [4.69, 9.17) is 0 Å². The molecular weight excluding hydrogens is 206 g/mol. The molecule has 1 atom stereocenters. The average Bonchev–Trinajstić information content (AvgIpc) is 2.13. The summed E-state index contributed by atoms with van der Waals surface area (Å²) < 4.78 is 0. The van der Waals surface area contributed by atoms with Gasteiger partial charge in [0.1, 0.15) is 0 Å². The molecule has 0 aromatic heterocycles. The lowest BCUT2D eigenvalue weighted by Crippen LogP contribution is -2.52. The van der Waals surface area contributed by atoms with Crippen molar-refractivity contribution in [2.75, 3.05) is 13.1 Å². The molecule has 0 saturated carbocycles. The van der Waals surface area contributed by atoms with Crippen LogP contribution < -0.4 is 16.0 Å². The van der Waals surface area contributed by atoms with Gasteiger partial charge in [-0.3, -0.25) is 14.9 Å². The van der Waals surface area contributed by atoms with Crippen molar-refractivity contribution in [2.24, 2.45) is 0 Å². The summed E-state index contributed by atoms with van der Waals surface area (Å²) in [7, 11) is 0. The zero-order chi connectivity index (χ0) is 12.2. The first-order valence-electron chi connectivity index (χ1n) is 5.70. The highest BCUT2D eigenvalue weighted by Crippen LogP contribution is 2.03. The molecule has 0 spiro atoms. The van der Waals surface area contributed by atoms with Gasteiger partial charge in [0.15, 0.2) is 0 Å². The van der Waals surface area contributed by atoms with Crippen LogP contribution in [0.15, 0.2) is 0 Å². The molecule has 16 heavy (non-hydrogen) atoms. The van der Waals surface area contributed by atoms with Crippen LogP contribution in [0.5, 0.6) is 0 Å². The normalized spacial score (nSPS) is 22.1. The maximum absolute atomic E-state index is 11.4. The molecule has 5 heteroatoms. The molecule has 92 valence electrons. The first-order valence-corrected chi connectivity index (χ1v) is 5.70. The molecule has 1 rings (SSSR count). The topological polar surface area (TPSA) is 70.2 Å². The standard InChI is InChI=1S/C11H21N3O2/c1-11(2,3)13-7-6-12-8-4-5-9(15)14-10(8)16/h8,12-13H,4-7H2,1-3H3,(H,14,15,16). The Morgan fingerprint density at radius 3 is 2.56 bits per heavy atom. The van der Waals surface area contributed by atoms with E-state index in [9.17, 15) is 9.59 Å². The molecule has 1 fully saturated rings. The average molecular weight is 227 g/mol. The van der Waals surface area contributed by atoms with Gasteiger partial charge in [0, 0.05) is 25.0 Å². The van der Waals surface area contributed by atoms with E-state index in [0.29, 0.717) is 12.8 Å². The molecule has 2 amide bonds. The molecule has 3 N–H and O–H groups in total. The Hall–Kier alpha value is -0.940. The lowest BCUT2D eigenvalue weighted by Gasteiger charge is -2.24. The summed E-state index contributed by atoms with van der Waals surface area (Å²) in [5, 5.41) is 8.79. The Kier molecular flexibility index (Phi) is 4.44. The van der Waals surface area contributed by atoms with Gasteiger partial charge in [0.25, 0.3) is 0 Å². The summed E-state index contributed by atoms with van der Waals surface area (Å²) in [6.07, 6.45) is 1.02. The zero-order valence-electron chi connectivity index (χ0n) is 10.2. The van der Waals surface area contributed by atoms with E-state index in [0.717, 1.165) is 13.1 Å². The van der Waals surface area contributed by atoms with Crippen LogP contribution in [-0.2, 0) is 9.59 Å². The van der Waals surface area contributed by atoms with Crippen molar-refractivity contribution in [3.63, 3.8) is 0 Å². The maximum Gasteiger partial charge on any atom is 0.243 e. The van der Waals surface area contributed by atoms with Crippen molar-refractivity contribution in [2.45, 2.75) is 45.2 Å². The van der Waals surface area contributed by atoms with Crippen LogP contribution in [0.2, 0.25) is 0 Å². The molecule has 0 aromatic carbocycles. The first-order chi connectivity index (χ1) is 7.38. The Labute approximate surface area is 96.4 Å². The summed E-state index contributed by atoms with van der Waals surface area (Å²) in [4.78, 5) is 22.3. The molecule has 0 aromatic rings. The quantitative estimate of drug-likeness (QED) is 0.458. The fourth-order valence-corrected chi connectivity index (χ4v) is 1.57. The second kappa shape index (κ2) is 5.41. The number of imide groups is 1. The highest BCUT2D eigenvalue weighted by Gasteiger charge is 2.25. The summed E-state index contributed by atoms with van der Waals surface area (Å²) in [5.74, 6) is -0.372. The Balaban J connectivity index is 2.18. The monoisotopic (exact) mass is 227 g/mol. The molecule has 0 bridgehead atoms. The fourth-order valence-electron chi connectivity index (χ4n) is 1.57. The number of piperidine rings is 1. The van der Waals surface area contributed by atoms with Crippen LogP contribution in [-0.4, -0.2) is 36.5 Å². The van der Waals surface area contributed by atoms with Crippen molar-refractivity contribution in [3.8, 4) is 0 Å². The number of hydrogen-bond acceptors (Lipinski definition) is 4. The molecule has 1 unspecified atom stereocenters. The Bertz CT molecular complexity index is 271. The molecule has 0 aliphatic carbocycles. The van der Waals surface area contributed by atoms with E-state index in [1.165, 1.54) is 0 Å². The number of carbonyl (C=O) groups is 2. The number of amides is 2. The van der Waals surface area contributed by atoms with Gasteiger partial charge in [-0.25, -0.2) is 0 Å². The largest absolute Gasteiger partial charge is 0.311 e. The molecule has 1 heterocycles. The molecule has 1 saturated heterocycles. The number of carbonyl (C=O) groups excluding carboxylic acids is 2. The summed E-state index contributed by atoms with van der Waals surface area (Å²) in [6.45, 7) is 7.82. The maximum atomic E-state index is 11.4. The van der Waals surface area contributed by atoms with Gasteiger partial charge in [-0.15, -0.1) is 0 Å². The third-order valence-corrected chi connectivity index (χ3v) is 2.41. The minimum atomic E-state index is -0.223. The van der Waals surface area contributed by atoms with Gasteiger partial charge >= 0.3 is 0 Å². The Morgan fingerprint density at radius 2 is 2.00 bits per heavy atom. The van der Waals surface area contributed by atoms with Gasteiger partial charge in [0.05, 0.1) is 6.04 Å². The van der Waals surface area contributed by atoms with Crippen molar-refractivity contribution < 1.29 is 9.59 Å². The number of hydrogen-bond donors (Lipinski definition) is 3. The van der Waals surface area contributed by atoms with E-state index in [1.54, 1.807) is 0 Å². The van der Waals surface area contributed by atoms with Crippen molar-refractivity contribution >= 4 is 11.8 Å². The van der Waals surface area contributed by atoms with Gasteiger partial charge in [-0.2, -0.15) is 0 Å². The van der Waals surface area contributed by atoms with Crippen LogP contribution in [0.1, 0.15) is 33.6 Å². The van der Waals surface area contributed by atoms with Crippen LogP contribution in [0.25, 0.3) is 0 Å². The fraction of sp³-hybridized carbons (Fsp3) is 0.818. The van der Waals surface area contributed by atoms with Crippen molar-refractivity contribution in [1.82, 2.24) is 16.0 Å². The second-order valence-electron chi connectivity index (χ2n) is 5.13. The third-order valence-electron chi connectivity index (χ3n) is 2.41. The second-order valence-corrected chi connectivity index (χ2v) is 5.13. The summed E-state index contributed by atoms with van der Waals surface area (Å²) in [6, 6.07) is -0.223. The van der Waals surface area contributed by atoms with E-state index >= 15 is 0 Å². The smallest absolute Gasteiger partial charge is 0.243 e. The van der Waals surface area contributed by atoms with E-state index in [1.807, 2.05) is 0 Å². The zero-order valence-corrected chi connectivity index (χ0v) is 10.2. The number of nitrogens with one attached hydrogen (secondary N) is 3. The summed E-state index contributed by atoms with van der Waals surface area (Å²) >= 11 is 0. The molecule has 0 radical (unpaired) electrons. The molecule has 1 aliphatic heterocycles. The van der Waals surface area contributed by atoms with E-state index < -0.39 is 0 Å². The SMILES string of the molecule is CC(C)(C)NCCNC1CCC(=O)NC1=O. The van der Waals surface area contributed by atoms with E-state index in [-0.39, 0.29) is 23.4 Å². The first kappa shape index (κ1) is 13.1. The van der Waals surface area contributed by atoms with Gasteiger partial charge in [-0.05, 0) is 27.2 Å². The third kappa shape index (κ3) is 4.72.